The molecule has 2 atom stereocenters. The van der Waals surface area contributed by atoms with Gasteiger partial charge in [-0.05, 0) is 66.2 Å². The van der Waals surface area contributed by atoms with Crippen LogP contribution in [0.5, 0.6) is 0 Å². The average molecular weight is 444 g/mol. The summed E-state index contributed by atoms with van der Waals surface area (Å²) in [5.41, 5.74) is -1.45. The largest absolute Gasteiger partial charge is 0.444 e. The summed E-state index contributed by atoms with van der Waals surface area (Å²) < 4.78 is 10.4. The molecule has 0 saturated carbocycles. The quantitative estimate of drug-likeness (QED) is 0.527. The fourth-order valence-electron chi connectivity index (χ4n) is 2.60. The molecule has 0 saturated heterocycles. The third-order valence-corrected chi connectivity index (χ3v) is 3.68. The summed E-state index contributed by atoms with van der Waals surface area (Å²) >= 11 is 0. The van der Waals surface area contributed by atoms with E-state index >= 15 is 0 Å². The van der Waals surface area contributed by atoms with Gasteiger partial charge in [0.2, 0.25) is 11.8 Å². The Morgan fingerprint density at radius 3 is 1.16 bits per heavy atom. The fraction of sp³-hybridized carbons (Fsp3) is 0.818. The van der Waals surface area contributed by atoms with E-state index in [0.29, 0.717) is 12.8 Å². The van der Waals surface area contributed by atoms with Crippen LogP contribution in [-0.4, -0.2) is 47.3 Å². The van der Waals surface area contributed by atoms with Gasteiger partial charge in [-0.15, -0.1) is 0 Å². The van der Waals surface area contributed by atoms with Gasteiger partial charge in [0.05, 0.1) is 0 Å². The number of carbonyl (C=O) groups is 4. The van der Waals surface area contributed by atoms with Crippen molar-refractivity contribution in [3.63, 3.8) is 0 Å². The van der Waals surface area contributed by atoms with Gasteiger partial charge in [-0.2, -0.15) is 0 Å². The number of carbonyl (C=O) groups excluding carboxylic acids is 4. The van der Waals surface area contributed by atoms with E-state index < -0.39 is 47.3 Å². The van der Waals surface area contributed by atoms with Gasteiger partial charge in [0.1, 0.15) is 23.3 Å². The van der Waals surface area contributed by atoms with Crippen LogP contribution in [0.25, 0.3) is 0 Å². The van der Waals surface area contributed by atoms with Crippen molar-refractivity contribution in [3.05, 3.63) is 0 Å². The molecular weight excluding hydrogens is 402 g/mol. The molecule has 0 heterocycles. The highest BCUT2D eigenvalue weighted by Crippen LogP contribution is 2.12. The fourth-order valence-corrected chi connectivity index (χ4v) is 2.60. The first-order valence-electron chi connectivity index (χ1n) is 10.7. The van der Waals surface area contributed by atoms with Crippen molar-refractivity contribution >= 4 is 24.0 Å². The van der Waals surface area contributed by atoms with Crippen LogP contribution in [0.3, 0.4) is 0 Å². The van der Waals surface area contributed by atoms with Gasteiger partial charge in [0.15, 0.2) is 0 Å². The second-order valence-corrected chi connectivity index (χ2v) is 10.5. The van der Waals surface area contributed by atoms with Crippen LogP contribution in [-0.2, 0) is 19.1 Å². The third-order valence-electron chi connectivity index (χ3n) is 3.68. The van der Waals surface area contributed by atoms with Crippen LogP contribution >= 0.6 is 0 Å². The molecule has 9 nitrogen and oxygen atoms in total. The molecule has 4 amide bonds. The van der Waals surface area contributed by atoms with Crippen LogP contribution in [0, 0.1) is 11.8 Å². The summed E-state index contributed by atoms with van der Waals surface area (Å²) in [6, 6.07) is -1.92. The molecule has 0 aromatic carbocycles. The molecule has 31 heavy (non-hydrogen) atoms. The first kappa shape index (κ1) is 28.7. The lowest BCUT2D eigenvalue weighted by atomic mass is 10.0. The van der Waals surface area contributed by atoms with E-state index in [-0.39, 0.29) is 11.8 Å². The molecule has 0 aliphatic heterocycles. The number of nitrogens with one attached hydrogen (secondary N) is 3. The molecule has 0 fully saturated rings. The number of alkyl carbamates (subject to hydrolysis) is 2. The lowest BCUT2D eigenvalue weighted by molar-refractivity contribution is -0.133. The van der Waals surface area contributed by atoms with E-state index in [2.05, 4.69) is 16.0 Å². The number of hydrogen-bond acceptors (Lipinski definition) is 6. The predicted octanol–water partition coefficient (Wildman–Crippen LogP) is 3.51. The van der Waals surface area contributed by atoms with Gasteiger partial charge in [-0.3, -0.25) is 14.9 Å². The normalized spacial score (nSPS) is 13.9. The lowest BCUT2D eigenvalue weighted by Gasteiger charge is -2.26. The van der Waals surface area contributed by atoms with Crippen molar-refractivity contribution < 1.29 is 28.7 Å². The Hall–Kier alpha value is -2.32. The number of ether oxygens (including phenoxy) is 2. The highest BCUT2D eigenvalue weighted by molar-refractivity contribution is 6.01. The maximum absolute atomic E-state index is 12.7. The van der Waals surface area contributed by atoms with Crippen LogP contribution < -0.4 is 16.0 Å². The second kappa shape index (κ2) is 11.9. The molecular formula is C22H41N3O6. The minimum Gasteiger partial charge on any atom is -0.444 e. The van der Waals surface area contributed by atoms with Gasteiger partial charge in [0, 0.05) is 0 Å². The SMILES string of the molecule is CC(C)C[C@H](NC(=O)OC(C)(C)C)C(=O)NC(=O)[C@H](CC(C)C)NC(=O)OC(C)(C)C. The van der Waals surface area contributed by atoms with Gasteiger partial charge in [-0.1, -0.05) is 27.7 Å². The Labute approximate surface area is 186 Å². The maximum atomic E-state index is 12.7. The lowest BCUT2D eigenvalue weighted by Crippen LogP contribution is -2.55. The Bertz CT molecular complexity index is 578. The molecule has 0 bridgehead atoms. The van der Waals surface area contributed by atoms with E-state index in [9.17, 15) is 19.2 Å². The smallest absolute Gasteiger partial charge is 0.408 e. The minimum atomic E-state index is -0.958. The molecule has 3 N–H and O–H groups in total. The molecule has 0 aromatic heterocycles. The summed E-state index contributed by atoms with van der Waals surface area (Å²) in [7, 11) is 0. The standard InChI is InChI=1S/C22H41N3O6/c1-13(2)11-15(23-19(28)30-21(5,6)7)17(26)25-18(27)16(12-14(3)4)24-20(29)31-22(8,9)10/h13-16H,11-12H2,1-10H3,(H,23,28)(H,24,29)(H,25,26,27)/t15-,16-/m0/s1. The zero-order valence-corrected chi connectivity index (χ0v) is 20.7. The molecule has 9 heteroatoms. The predicted molar refractivity (Wildman–Crippen MR) is 118 cm³/mol. The Morgan fingerprint density at radius 2 is 0.935 bits per heavy atom. The molecule has 0 aliphatic carbocycles. The van der Waals surface area contributed by atoms with E-state index in [1.807, 2.05) is 27.7 Å². The number of amides is 4. The maximum Gasteiger partial charge on any atom is 0.408 e. The topological polar surface area (TPSA) is 123 Å². The van der Waals surface area contributed by atoms with Crippen molar-refractivity contribution in [2.75, 3.05) is 0 Å². The summed E-state index contributed by atoms with van der Waals surface area (Å²) in [5, 5.41) is 7.36. The summed E-state index contributed by atoms with van der Waals surface area (Å²) in [5.74, 6) is -1.17. The van der Waals surface area contributed by atoms with Crippen LogP contribution in [0.15, 0.2) is 0 Å². The van der Waals surface area contributed by atoms with E-state index in [4.69, 9.17) is 9.47 Å². The van der Waals surface area contributed by atoms with Crippen molar-refractivity contribution in [3.8, 4) is 0 Å². The molecule has 0 aliphatic rings. The van der Waals surface area contributed by atoms with E-state index in [1.54, 1.807) is 41.5 Å². The van der Waals surface area contributed by atoms with Crippen molar-refractivity contribution in [2.24, 2.45) is 11.8 Å². The van der Waals surface area contributed by atoms with Crippen molar-refractivity contribution in [1.82, 2.24) is 16.0 Å². The molecule has 0 rings (SSSR count). The van der Waals surface area contributed by atoms with Crippen molar-refractivity contribution in [2.45, 2.75) is 105 Å². The zero-order valence-electron chi connectivity index (χ0n) is 20.7. The molecule has 0 spiro atoms. The first-order chi connectivity index (χ1) is 13.9. The van der Waals surface area contributed by atoms with Crippen molar-refractivity contribution in [1.29, 1.82) is 0 Å². The molecule has 0 unspecified atom stereocenters. The third kappa shape index (κ3) is 14.3. The zero-order chi connectivity index (χ0) is 24.6. The second-order valence-electron chi connectivity index (χ2n) is 10.5. The number of hydrogen-bond donors (Lipinski definition) is 3. The monoisotopic (exact) mass is 443 g/mol. The highest BCUT2D eigenvalue weighted by atomic mass is 16.6. The van der Waals surface area contributed by atoms with E-state index in [1.165, 1.54) is 0 Å². The van der Waals surface area contributed by atoms with Gasteiger partial charge in [-0.25, -0.2) is 9.59 Å². The van der Waals surface area contributed by atoms with Gasteiger partial charge < -0.3 is 20.1 Å². The molecule has 0 aromatic rings. The van der Waals surface area contributed by atoms with Gasteiger partial charge >= 0.3 is 12.2 Å². The van der Waals surface area contributed by atoms with Crippen LogP contribution in [0.1, 0.15) is 82.1 Å². The Kier molecular flexibility index (Phi) is 11.0. The van der Waals surface area contributed by atoms with Crippen LogP contribution in [0.4, 0.5) is 9.59 Å². The minimum absolute atomic E-state index is 0.0761. The Balaban J connectivity index is 5.28. The summed E-state index contributed by atoms with van der Waals surface area (Å²) in [6.07, 6.45) is -0.864. The Morgan fingerprint density at radius 1 is 0.645 bits per heavy atom. The number of rotatable bonds is 8. The van der Waals surface area contributed by atoms with Crippen LogP contribution in [0.2, 0.25) is 0 Å². The van der Waals surface area contributed by atoms with Gasteiger partial charge in [0.25, 0.3) is 0 Å². The van der Waals surface area contributed by atoms with E-state index in [0.717, 1.165) is 0 Å². The molecule has 180 valence electrons. The molecule has 0 radical (unpaired) electrons. The summed E-state index contributed by atoms with van der Waals surface area (Å²) in [6.45, 7) is 17.9. The highest BCUT2D eigenvalue weighted by Gasteiger charge is 2.30. The summed E-state index contributed by atoms with van der Waals surface area (Å²) in [4.78, 5) is 49.8. The average Bonchev–Trinajstić information content (AvgIpc) is 2.48. The number of imide groups is 1. The first-order valence-corrected chi connectivity index (χ1v) is 10.7.